The van der Waals surface area contributed by atoms with Crippen LogP contribution in [0.15, 0.2) is 36.4 Å². The van der Waals surface area contributed by atoms with Crippen LogP contribution in [0.2, 0.25) is 15.1 Å². The molecule has 32 heavy (non-hydrogen) atoms. The molecule has 2 aromatic rings. The van der Waals surface area contributed by atoms with Gasteiger partial charge in [-0.05, 0) is 31.5 Å². The van der Waals surface area contributed by atoms with Crippen molar-refractivity contribution < 1.29 is 18.0 Å². The Hall–Kier alpha value is -2.00. The summed E-state index contributed by atoms with van der Waals surface area (Å²) in [6.45, 7) is 3.02. The van der Waals surface area contributed by atoms with Gasteiger partial charge in [0.25, 0.3) is 0 Å². The molecule has 0 aliphatic carbocycles. The Morgan fingerprint density at radius 1 is 1.06 bits per heavy atom. The number of benzene rings is 2. The number of hydrogen-bond acceptors (Lipinski definition) is 4. The van der Waals surface area contributed by atoms with E-state index >= 15 is 0 Å². The molecular formula is C21H24Cl3N3O4S. The highest BCUT2D eigenvalue weighted by Gasteiger charge is 2.30. The maximum Gasteiger partial charge on any atom is 0.244 e. The molecule has 0 aromatic heterocycles. The van der Waals surface area contributed by atoms with Gasteiger partial charge in [0.15, 0.2) is 0 Å². The minimum atomic E-state index is -3.93. The van der Waals surface area contributed by atoms with Gasteiger partial charge >= 0.3 is 0 Å². The van der Waals surface area contributed by atoms with Gasteiger partial charge in [0.2, 0.25) is 21.8 Å². The number of halogens is 3. The van der Waals surface area contributed by atoms with Crippen LogP contribution in [-0.2, 0) is 26.2 Å². The standard InChI is InChI=1S/C21H24Cl3N3O4S/c1-13-6-5-7-15(8-13)11-26(14(2)21(29)25-3)20(28)12-27(32(4,30)31)19-10-17(23)16(22)9-18(19)24/h5-10,14H,11-12H2,1-4H3,(H,25,29)/t14-/m0/s1. The number of carbonyl (C=O) groups is 2. The molecule has 0 fully saturated rings. The molecular weight excluding hydrogens is 497 g/mol. The predicted molar refractivity (Wildman–Crippen MR) is 129 cm³/mol. The second-order valence-corrected chi connectivity index (χ2v) is 10.4. The van der Waals surface area contributed by atoms with Gasteiger partial charge < -0.3 is 10.2 Å². The average molecular weight is 521 g/mol. The molecule has 0 heterocycles. The normalized spacial score (nSPS) is 12.2. The first-order valence-corrected chi connectivity index (χ1v) is 12.5. The van der Waals surface area contributed by atoms with Crippen LogP contribution in [0, 0.1) is 6.92 Å². The Bertz CT molecular complexity index is 1130. The van der Waals surface area contributed by atoms with Crippen molar-refractivity contribution in [3.8, 4) is 0 Å². The van der Waals surface area contributed by atoms with Crippen LogP contribution in [-0.4, -0.2) is 51.0 Å². The van der Waals surface area contributed by atoms with Crippen LogP contribution in [0.5, 0.6) is 0 Å². The number of amides is 2. The van der Waals surface area contributed by atoms with Gasteiger partial charge in [0, 0.05) is 13.6 Å². The van der Waals surface area contributed by atoms with Crippen LogP contribution in [0.1, 0.15) is 18.1 Å². The molecule has 0 aliphatic heterocycles. The molecule has 2 aromatic carbocycles. The second kappa shape index (κ2) is 10.7. The average Bonchev–Trinajstić information content (AvgIpc) is 2.71. The first-order valence-electron chi connectivity index (χ1n) is 9.54. The molecule has 0 aliphatic rings. The second-order valence-electron chi connectivity index (χ2n) is 7.29. The zero-order valence-corrected chi connectivity index (χ0v) is 21.1. The Labute approximate surface area is 203 Å². The van der Waals surface area contributed by atoms with Crippen molar-refractivity contribution in [2.24, 2.45) is 0 Å². The summed E-state index contributed by atoms with van der Waals surface area (Å²) in [7, 11) is -2.47. The Kier molecular flexibility index (Phi) is 8.82. The van der Waals surface area contributed by atoms with Gasteiger partial charge in [-0.3, -0.25) is 13.9 Å². The number of nitrogens with zero attached hydrogens (tertiary/aromatic N) is 2. The maximum absolute atomic E-state index is 13.3. The van der Waals surface area contributed by atoms with Gasteiger partial charge in [-0.2, -0.15) is 0 Å². The summed E-state index contributed by atoms with van der Waals surface area (Å²) in [5.41, 5.74) is 1.80. The topological polar surface area (TPSA) is 86.8 Å². The fourth-order valence-electron chi connectivity index (χ4n) is 3.10. The number of sulfonamides is 1. The maximum atomic E-state index is 13.3. The van der Waals surface area contributed by atoms with Crippen LogP contribution in [0.25, 0.3) is 0 Å². The van der Waals surface area contributed by atoms with Crippen molar-refractivity contribution >= 4 is 62.3 Å². The fraction of sp³-hybridized carbons (Fsp3) is 0.333. The van der Waals surface area contributed by atoms with Gasteiger partial charge in [-0.15, -0.1) is 0 Å². The molecule has 0 radical (unpaired) electrons. The number of rotatable bonds is 8. The van der Waals surface area contributed by atoms with Crippen molar-refractivity contribution in [1.82, 2.24) is 10.2 Å². The van der Waals surface area contributed by atoms with Gasteiger partial charge in [-0.25, -0.2) is 8.42 Å². The summed E-state index contributed by atoms with van der Waals surface area (Å²) in [4.78, 5) is 27.0. The van der Waals surface area contributed by atoms with Crippen molar-refractivity contribution in [2.45, 2.75) is 26.4 Å². The molecule has 1 N–H and O–H groups in total. The van der Waals surface area contributed by atoms with E-state index in [0.29, 0.717) is 0 Å². The minimum Gasteiger partial charge on any atom is -0.357 e. The van der Waals surface area contributed by atoms with Crippen LogP contribution < -0.4 is 9.62 Å². The summed E-state index contributed by atoms with van der Waals surface area (Å²) >= 11 is 18.2. The van der Waals surface area contributed by atoms with Crippen LogP contribution >= 0.6 is 34.8 Å². The highest BCUT2D eigenvalue weighted by molar-refractivity contribution is 7.92. The molecule has 7 nitrogen and oxygen atoms in total. The third kappa shape index (κ3) is 6.51. The minimum absolute atomic E-state index is 0.0139. The Morgan fingerprint density at radius 3 is 2.25 bits per heavy atom. The van der Waals surface area contributed by atoms with Gasteiger partial charge in [0.1, 0.15) is 12.6 Å². The van der Waals surface area contributed by atoms with E-state index in [1.165, 1.54) is 24.1 Å². The van der Waals surface area contributed by atoms with E-state index in [1.54, 1.807) is 6.92 Å². The molecule has 0 unspecified atom stereocenters. The first-order chi connectivity index (χ1) is 14.8. The number of aryl methyl sites for hydroxylation is 1. The largest absolute Gasteiger partial charge is 0.357 e. The Balaban J connectivity index is 2.46. The summed E-state index contributed by atoms with van der Waals surface area (Å²) in [6, 6.07) is 9.22. The Morgan fingerprint density at radius 2 is 1.69 bits per heavy atom. The molecule has 2 amide bonds. The molecule has 2 rings (SSSR count). The number of nitrogens with one attached hydrogen (secondary N) is 1. The number of hydrogen-bond donors (Lipinski definition) is 1. The monoisotopic (exact) mass is 519 g/mol. The third-order valence-electron chi connectivity index (χ3n) is 4.79. The highest BCUT2D eigenvalue weighted by atomic mass is 35.5. The third-order valence-corrected chi connectivity index (χ3v) is 6.94. The van der Waals surface area contributed by atoms with Crippen molar-refractivity contribution in [3.05, 3.63) is 62.6 Å². The number of likely N-dealkylation sites (N-methyl/N-ethyl adjacent to an activating group) is 1. The number of anilines is 1. The lowest BCUT2D eigenvalue weighted by atomic mass is 10.1. The molecule has 0 saturated heterocycles. The lowest BCUT2D eigenvalue weighted by Gasteiger charge is -2.31. The van der Waals surface area contributed by atoms with E-state index in [9.17, 15) is 18.0 Å². The first kappa shape index (κ1) is 26.3. The molecule has 11 heteroatoms. The summed E-state index contributed by atoms with van der Waals surface area (Å²) in [5, 5.41) is 2.77. The SMILES string of the molecule is CNC(=O)[C@H](C)N(Cc1cccc(C)c1)C(=O)CN(c1cc(Cl)c(Cl)cc1Cl)S(C)(=O)=O. The van der Waals surface area contributed by atoms with Crippen molar-refractivity contribution in [1.29, 1.82) is 0 Å². The molecule has 0 bridgehead atoms. The quantitative estimate of drug-likeness (QED) is 0.535. The summed E-state index contributed by atoms with van der Waals surface area (Å²) in [5.74, 6) is -0.973. The van der Waals surface area contributed by atoms with Crippen LogP contribution in [0.3, 0.4) is 0 Å². The van der Waals surface area contributed by atoms with E-state index in [-0.39, 0.29) is 33.2 Å². The van der Waals surface area contributed by atoms with E-state index in [1.807, 2.05) is 31.2 Å². The molecule has 0 saturated carbocycles. The number of carbonyl (C=O) groups excluding carboxylic acids is 2. The smallest absolute Gasteiger partial charge is 0.244 e. The van der Waals surface area contributed by atoms with E-state index < -0.39 is 28.5 Å². The van der Waals surface area contributed by atoms with Crippen molar-refractivity contribution in [3.63, 3.8) is 0 Å². The van der Waals surface area contributed by atoms with Crippen LogP contribution in [0.4, 0.5) is 5.69 Å². The zero-order valence-electron chi connectivity index (χ0n) is 18.0. The predicted octanol–water partition coefficient (Wildman–Crippen LogP) is 3.88. The lowest BCUT2D eigenvalue weighted by molar-refractivity contribution is -0.139. The van der Waals surface area contributed by atoms with Crippen molar-refractivity contribution in [2.75, 3.05) is 24.2 Å². The van der Waals surface area contributed by atoms with E-state index in [2.05, 4.69) is 5.32 Å². The zero-order chi connectivity index (χ0) is 24.2. The van der Waals surface area contributed by atoms with Gasteiger partial charge in [-0.1, -0.05) is 64.6 Å². The molecule has 1 atom stereocenters. The summed E-state index contributed by atoms with van der Waals surface area (Å²) in [6.07, 6.45) is 0.951. The van der Waals surface area contributed by atoms with E-state index in [0.717, 1.165) is 21.7 Å². The highest BCUT2D eigenvalue weighted by Crippen LogP contribution is 2.35. The molecule has 174 valence electrons. The lowest BCUT2D eigenvalue weighted by Crippen LogP contribution is -2.50. The fourth-order valence-corrected chi connectivity index (χ4v) is 4.64. The van der Waals surface area contributed by atoms with E-state index in [4.69, 9.17) is 34.8 Å². The van der Waals surface area contributed by atoms with Gasteiger partial charge in [0.05, 0.1) is 27.0 Å². The molecule has 0 spiro atoms. The summed E-state index contributed by atoms with van der Waals surface area (Å²) < 4.78 is 25.9.